The molecule has 0 aliphatic heterocycles. The number of rotatable bonds is 8. The van der Waals surface area contributed by atoms with E-state index in [0.29, 0.717) is 5.75 Å². The zero-order valence-corrected chi connectivity index (χ0v) is 15.5. The summed E-state index contributed by atoms with van der Waals surface area (Å²) in [7, 11) is 1.42. The number of carboxylic acids is 2. The molecule has 0 amide bonds. The maximum Gasteiger partial charge on any atom is 0.349 e. The van der Waals surface area contributed by atoms with E-state index in [-0.39, 0.29) is 11.1 Å². The van der Waals surface area contributed by atoms with Crippen molar-refractivity contribution in [1.82, 2.24) is 0 Å². The molecular formula is C20H18O9. The second-order valence-corrected chi connectivity index (χ2v) is 5.92. The molecular weight excluding hydrogens is 384 g/mol. The van der Waals surface area contributed by atoms with Gasteiger partial charge in [-0.1, -0.05) is 17.7 Å². The van der Waals surface area contributed by atoms with E-state index in [1.165, 1.54) is 43.5 Å². The number of methoxy groups -OCH3 is 1. The first-order chi connectivity index (χ1) is 13.7. The molecule has 0 aromatic heterocycles. The number of carbonyl (C=O) groups excluding carboxylic acids is 2. The van der Waals surface area contributed by atoms with Gasteiger partial charge in [-0.05, 0) is 43.3 Å². The zero-order chi connectivity index (χ0) is 21.6. The van der Waals surface area contributed by atoms with Crippen LogP contribution in [-0.4, -0.2) is 53.4 Å². The summed E-state index contributed by atoms with van der Waals surface area (Å²) in [5.74, 6) is -5.27. The molecule has 0 aliphatic rings. The Labute approximate surface area is 165 Å². The topological polar surface area (TPSA) is 136 Å². The molecule has 0 bridgehead atoms. The molecule has 2 aromatic carbocycles. The quantitative estimate of drug-likeness (QED) is 0.635. The van der Waals surface area contributed by atoms with E-state index in [4.69, 9.17) is 14.2 Å². The average molecular weight is 402 g/mol. The molecule has 0 saturated carbocycles. The van der Waals surface area contributed by atoms with E-state index in [9.17, 15) is 29.4 Å². The highest BCUT2D eigenvalue weighted by Gasteiger charge is 2.41. The second-order valence-electron chi connectivity index (χ2n) is 5.92. The minimum absolute atomic E-state index is 0.0208. The van der Waals surface area contributed by atoms with Crippen molar-refractivity contribution >= 4 is 23.9 Å². The van der Waals surface area contributed by atoms with Gasteiger partial charge in [-0.3, -0.25) is 0 Å². The van der Waals surface area contributed by atoms with Crippen LogP contribution in [0.15, 0.2) is 48.5 Å². The van der Waals surface area contributed by atoms with Crippen LogP contribution in [0, 0.1) is 6.92 Å². The Morgan fingerprint density at radius 2 is 1.10 bits per heavy atom. The smallest absolute Gasteiger partial charge is 0.349 e. The van der Waals surface area contributed by atoms with Crippen LogP contribution in [0.3, 0.4) is 0 Å². The number of hydrogen-bond donors (Lipinski definition) is 2. The summed E-state index contributed by atoms with van der Waals surface area (Å²) in [6, 6.07) is 11.5. The van der Waals surface area contributed by atoms with E-state index >= 15 is 0 Å². The lowest BCUT2D eigenvalue weighted by molar-refractivity contribution is -0.166. The van der Waals surface area contributed by atoms with Crippen LogP contribution in [-0.2, 0) is 19.1 Å². The van der Waals surface area contributed by atoms with Gasteiger partial charge in [-0.2, -0.15) is 0 Å². The van der Waals surface area contributed by atoms with Crippen LogP contribution in [0.1, 0.15) is 26.3 Å². The van der Waals surface area contributed by atoms with Crippen LogP contribution in [0.5, 0.6) is 5.75 Å². The minimum atomic E-state index is -2.25. The van der Waals surface area contributed by atoms with Gasteiger partial charge >= 0.3 is 23.9 Å². The first kappa shape index (κ1) is 21.4. The van der Waals surface area contributed by atoms with E-state index in [0.717, 1.165) is 5.56 Å². The summed E-state index contributed by atoms with van der Waals surface area (Å²) in [6.07, 6.45) is -4.50. The molecule has 2 atom stereocenters. The predicted octanol–water partition coefficient (Wildman–Crippen LogP) is 1.92. The first-order valence-electron chi connectivity index (χ1n) is 8.31. The van der Waals surface area contributed by atoms with Gasteiger partial charge in [0.1, 0.15) is 5.75 Å². The Balaban J connectivity index is 2.20. The van der Waals surface area contributed by atoms with Crippen molar-refractivity contribution in [1.29, 1.82) is 0 Å². The van der Waals surface area contributed by atoms with E-state index in [1.54, 1.807) is 19.1 Å². The molecule has 2 aromatic rings. The molecule has 2 rings (SSSR count). The molecule has 0 heterocycles. The number of esters is 2. The predicted molar refractivity (Wildman–Crippen MR) is 97.9 cm³/mol. The molecule has 0 fully saturated rings. The standard InChI is InChI=1S/C20H18O9/c1-11-3-5-12(6-4-11)19(25)28-15(17(21)22)16(18(23)24)29-20(26)13-7-9-14(27-2)10-8-13/h3-10,15-16H,1-2H3,(H,21,22)(H,23,24)/t15-,16-/m1/s1. The molecule has 0 aliphatic carbocycles. The van der Waals surface area contributed by atoms with Gasteiger partial charge in [0.15, 0.2) is 0 Å². The number of carbonyl (C=O) groups is 4. The van der Waals surface area contributed by atoms with Crippen molar-refractivity contribution in [2.24, 2.45) is 0 Å². The Morgan fingerprint density at radius 1 is 0.724 bits per heavy atom. The summed E-state index contributed by atoms with van der Waals surface area (Å²) >= 11 is 0. The highest BCUT2D eigenvalue weighted by molar-refractivity contribution is 5.95. The Bertz CT molecular complexity index is 901. The SMILES string of the molecule is COc1ccc(C(=O)O[C@@H](C(=O)O)[C@@H](OC(=O)c2ccc(C)cc2)C(=O)O)cc1. The van der Waals surface area contributed by atoms with Crippen LogP contribution in [0.4, 0.5) is 0 Å². The molecule has 0 radical (unpaired) electrons. The third-order valence-electron chi connectivity index (χ3n) is 3.84. The van der Waals surface area contributed by atoms with Crippen molar-refractivity contribution < 1.29 is 43.6 Å². The van der Waals surface area contributed by atoms with Crippen molar-refractivity contribution in [3.8, 4) is 5.75 Å². The van der Waals surface area contributed by atoms with Gasteiger partial charge in [-0.15, -0.1) is 0 Å². The summed E-state index contributed by atoms with van der Waals surface area (Å²) in [5, 5.41) is 18.7. The molecule has 0 saturated heterocycles. The Kier molecular flexibility index (Phi) is 6.91. The van der Waals surface area contributed by atoms with E-state index in [1.807, 2.05) is 0 Å². The maximum absolute atomic E-state index is 12.2. The van der Waals surface area contributed by atoms with Gasteiger partial charge < -0.3 is 24.4 Å². The minimum Gasteiger partial charge on any atom is -0.497 e. The number of aliphatic carboxylic acids is 2. The second kappa shape index (κ2) is 9.36. The van der Waals surface area contributed by atoms with Crippen molar-refractivity contribution in [2.45, 2.75) is 19.1 Å². The fraction of sp³-hybridized carbons (Fsp3) is 0.200. The van der Waals surface area contributed by atoms with Gasteiger partial charge in [0, 0.05) is 0 Å². The number of carboxylic acid groups (broad SMARTS) is 2. The summed E-state index contributed by atoms with van der Waals surface area (Å²) in [6.45, 7) is 1.79. The normalized spacial score (nSPS) is 12.3. The lowest BCUT2D eigenvalue weighted by Crippen LogP contribution is -2.45. The van der Waals surface area contributed by atoms with Crippen molar-refractivity contribution in [3.05, 3.63) is 65.2 Å². The zero-order valence-electron chi connectivity index (χ0n) is 15.5. The molecule has 9 heteroatoms. The first-order valence-corrected chi connectivity index (χ1v) is 8.31. The fourth-order valence-corrected chi connectivity index (χ4v) is 2.27. The number of aryl methyl sites for hydroxylation is 1. The van der Waals surface area contributed by atoms with E-state index < -0.39 is 36.1 Å². The maximum atomic E-state index is 12.2. The highest BCUT2D eigenvalue weighted by atomic mass is 16.6. The molecule has 0 spiro atoms. The lowest BCUT2D eigenvalue weighted by Gasteiger charge is -2.21. The van der Waals surface area contributed by atoms with Crippen molar-refractivity contribution in [3.63, 3.8) is 0 Å². The highest BCUT2D eigenvalue weighted by Crippen LogP contribution is 2.16. The van der Waals surface area contributed by atoms with E-state index in [2.05, 4.69) is 0 Å². The number of benzene rings is 2. The molecule has 2 N–H and O–H groups in total. The average Bonchev–Trinajstić information content (AvgIpc) is 2.70. The van der Waals surface area contributed by atoms with Gasteiger partial charge in [0.25, 0.3) is 0 Å². The summed E-state index contributed by atoms with van der Waals surface area (Å²) in [4.78, 5) is 47.5. The van der Waals surface area contributed by atoms with Gasteiger partial charge in [0.05, 0.1) is 18.2 Å². The molecule has 29 heavy (non-hydrogen) atoms. The van der Waals surface area contributed by atoms with Crippen LogP contribution >= 0.6 is 0 Å². The monoisotopic (exact) mass is 402 g/mol. The summed E-state index contributed by atoms with van der Waals surface area (Å²) in [5.41, 5.74) is 0.840. The molecule has 152 valence electrons. The Morgan fingerprint density at radius 3 is 1.45 bits per heavy atom. The number of ether oxygens (including phenoxy) is 3. The third-order valence-corrected chi connectivity index (χ3v) is 3.84. The largest absolute Gasteiger partial charge is 0.497 e. The van der Waals surface area contributed by atoms with Gasteiger partial charge in [0.2, 0.25) is 12.2 Å². The van der Waals surface area contributed by atoms with Crippen LogP contribution in [0.2, 0.25) is 0 Å². The third kappa shape index (κ3) is 5.55. The van der Waals surface area contributed by atoms with Gasteiger partial charge in [-0.25, -0.2) is 19.2 Å². The lowest BCUT2D eigenvalue weighted by atomic mass is 10.1. The number of hydrogen-bond acceptors (Lipinski definition) is 7. The van der Waals surface area contributed by atoms with Crippen LogP contribution in [0.25, 0.3) is 0 Å². The van der Waals surface area contributed by atoms with Crippen LogP contribution < -0.4 is 4.74 Å². The fourth-order valence-electron chi connectivity index (χ4n) is 2.27. The summed E-state index contributed by atoms with van der Waals surface area (Å²) < 4.78 is 14.6. The molecule has 9 nitrogen and oxygen atoms in total. The molecule has 0 unspecified atom stereocenters. The Hall–Kier alpha value is -3.88. The van der Waals surface area contributed by atoms with Crippen molar-refractivity contribution in [2.75, 3.05) is 7.11 Å².